The first-order chi connectivity index (χ1) is 17.9. The lowest BCUT2D eigenvalue weighted by Gasteiger charge is -2.45. The molecular weight excluding hydrogens is 478 g/mol. The van der Waals surface area contributed by atoms with Crippen LogP contribution in [-0.4, -0.2) is 45.6 Å². The van der Waals surface area contributed by atoms with Crippen LogP contribution in [0.25, 0.3) is 11.1 Å². The Bertz CT molecular complexity index is 1210. The van der Waals surface area contributed by atoms with E-state index in [4.69, 9.17) is 9.47 Å². The topological polar surface area (TPSA) is 79.2 Å². The molecule has 2 atom stereocenters. The highest BCUT2D eigenvalue weighted by Gasteiger charge is 2.46. The van der Waals surface area contributed by atoms with E-state index in [1.807, 2.05) is 73.7 Å². The van der Waals surface area contributed by atoms with Crippen LogP contribution in [0.15, 0.2) is 78.9 Å². The lowest BCUT2D eigenvalue weighted by atomic mass is 9.80. The van der Waals surface area contributed by atoms with Crippen LogP contribution in [0, 0.1) is 0 Å². The van der Waals surface area contributed by atoms with Crippen molar-refractivity contribution >= 4 is 6.09 Å². The molecule has 1 fully saturated rings. The Kier molecular flexibility index (Phi) is 7.86. The van der Waals surface area contributed by atoms with Gasteiger partial charge in [0.1, 0.15) is 18.0 Å². The zero-order chi connectivity index (χ0) is 27.6. The van der Waals surface area contributed by atoms with E-state index in [-0.39, 0.29) is 18.7 Å². The second-order valence-corrected chi connectivity index (χ2v) is 11.6. The van der Waals surface area contributed by atoms with Crippen molar-refractivity contribution in [1.82, 2.24) is 4.90 Å². The number of hydrogen-bond acceptors (Lipinski definition) is 5. The summed E-state index contributed by atoms with van der Waals surface area (Å²) in [5, 5.41) is 20.5. The quantitative estimate of drug-likeness (QED) is 0.340. The van der Waals surface area contributed by atoms with Crippen LogP contribution in [0.2, 0.25) is 0 Å². The summed E-state index contributed by atoms with van der Waals surface area (Å²) < 4.78 is 11.8. The zero-order valence-electron chi connectivity index (χ0n) is 23.0. The van der Waals surface area contributed by atoms with Crippen LogP contribution in [0.5, 0.6) is 5.75 Å². The summed E-state index contributed by atoms with van der Waals surface area (Å²) in [6.45, 7) is 9.68. The molecule has 0 aromatic heterocycles. The molecule has 1 saturated heterocycles. The molecule has 6 nitrogen and oxygen atoms in total. The predicted molar refractivity (Wildman–Crippen MR) is 149 cm³/mol. The molecule has 4 rings (SSSR count). The molecule has 0 saturated carbocycles. The van der Waals surface area contributed by atoms with Crippen molar-refractivity contribution in [2.45, 2.75) is 70.3 Å². The Labute approximate surface area is 225 Å². The first kappa shape index (κ1) is 27.7. The average molecular weight is 518 g/mol. The SMILES string of the molecule is CC(c1ccc(-c2ccc(OCC(C)(C)O)cc2)cc1)N1CCC(CC(C)(C)O)(c2ccccc2)OC1=O. The molecule has 1 heterocycles. The molecule has 38 heavy (non-hydrogen) atoms. The third-order valence-electron chi connectivity index (χ3n) is 6.93. The number of rotatable bonds is 9. The molecule has 0 bridgehead atoms. The van der Waals surface area contributed by atoms with Crippen molar-refractivity contribution in [3.63, 3.8) is 0 Å². The summed E-state index contributed by atoms with van der Waals surface area (Å²) in [7, 11) is 0. The maximum atomic E-state index is 13.3. The molecule has 2 unspecified atom stereocenters. The van der Waals surface area contributed by atoms with Gasteiger partial charge in [-0.25, -0.2) is 4.79 Å². The molecule has 1 aliphatic heterocycles. The van der Waals surface area contributed by atoms with Crippen molar-refractivity contribution in [3.8, 4) is 16.9 Å². The third-order valence-corrected chi connectivity index (χ3v) is 6.93. The fraction of sp³-hybridized carbons (Fsp3) is 0.406. The van der Waals surface area contributed by atoms with Gasteiger partial charge in [-0.2, -0.15) is 0 Å². The van der Waals surface area contributed by atoms with Gasteiger partial charge in [0.05, 0.1) is 17.2 Å². The largest absolute Gasteiger partial charge is 0.491 e. The Balaban J connectivity index is 1.45. The van der Waals surface area contributed by atoms with Crippen molar-refractivity contribution in [2.75, 3.05) is 13.2 Å². The van der Waals surface area contributed by atoms with Crippen molar-refractivity contribution < 1.29 is 24.5 Å². The van der Waals surface area contributed by atoms with Crippen molar-refractivity contribution in [1.29, 1.82) is 0 Å². The molecule has 1 amide bonds. The van der Waals surface area contributed by atoms with Crippen LogP contribution in [-0.2, 0) is 10.3 Å². The van der Waals surface area contributed by atoms with Gasteiger partial charge in [0.25, 0.3) is 0 Å². The van der Waals surface area contributed by atoms with Gasteiger partial charge >= 0.3 is 6.09 Å². The molecule has 0 aliphatic carbocycles. The summed E-state index contributed by atoms with van der Waals surface area (Å²) in [5.41, 5.74) is 1.30. The lowest BCUT2D eigenvalue weighted by molar-refractivity contribution is -0.101. The van der Waals surface area contributed by atoms with Gasteiger partial charge in [0, 0.05) is 19.4 Å². The molecule has 202 valence electrons. The fourth-order valence-corrected chi connectivity index (χ4v) is 5.03. The zero-order valence-corrected chi connectivity index (χ0v) is 23.0. The highest BCUT2D eigenvalue weighted by atomic mass is 16.6. The lowest BCUT2D eigenvalue weighted by Crippen LogP contribution is -2.51. The number of amides is 1. The maximum Gasteiger partial charge on any atom is 0.411 e. The second kappa shape index (κ2) is 10.8. The van der Waals surface area contributed by atoms with E-state index in [0.717, 1.165) is 22.3 Å². The van der Waals surface area contributed by atoms with E-state index in [0.29, 0.717) is 25.1 Å². The number of cyclic esters (lactones) is 1. The number of carbonyl (C=O) groups excluding carboxylic acids is 1. The minimum absolute atomic E-state index is 0.162. The van der Waals surface area contributed by atoms with Crippen LogP contribution in [0.4, 0.5) is 4.79 Å². The van der Waals surface area contributed by atoms with E-state index in [2.05, 4.69) is 12.1 Å². The third kappa shape index (κ3) is 6.74. The van der Waals surface area contributed by atoms with Gasteiger partial charge in [0.2, 0.25) is 0 Å². The van der Waals surface area contributed by atoms with E-state index in [1.54, 1.807) is 32.6 Å². The van der Waals surface area contributed by atoms with E-state index in [9.17, 15) is 15.0 Å². The number of hydrogen-bond donors (Lipinski definition) is 2. The normalized spacial score (nSPS) is 19.1. The Morgan fingerprint density at radius 1 is 0.895 bits per heavy atom. The van der Waals surface area contributed by atoms with Crippen molar-refractivity contribution in [3.05, 3.63) is 90.0 Å². The first-order valence-electron chi connectivity index (χ1n) is 13.2. The fourth-order valence-electron chi connectivity index (χ4n) is 5.03. The van der Waals surface area contributed by atoms with E-state index in [1.165, 1.54) is 0 Å². The number of benzene rings is 3. The number of ether oxygens (including phenoxy) is 2. The Morgan fingerprint density at radius 3 is 2.00 bits per heavy atom. The van der Waals surface area contributed by atoms with Crippen LogP contribution < -0.4 is 4.74 Å². The number of nitrogens with zero attached hydrogens (tertiary/aromatic N) is 1. The van der Waals surface area contributed by atoms with Gasteiger partial charge in [-0.3, -0.25) is 0 Å². The summed E-state index contributed by atoms with van der Waals surface area (Å²) in [6.07, 6.45) is 0.549. The Hall–Kier alpha value is -3.35. The first-order valence-corrected chi connectivity index (χ1v) is 13.2. The summed E-state index contributed by atoms with van der Waals surface area (Å²) >= 11 is 0. The maximum absolute atomic E-state index is 13.3. The van der Waals surface area contributed by atoms with E-state index < -0.39 is 16.8 Å². The molecular formula is C32H39NO5. The monoisotopic (exact) mass is 517 g/mol. The highest BCUT2D eigenvalue weighted by molar-refractivity contribution is 5.70. The smallest absolute Gasteiger partial charge is 0.411 e. The van der Waals surface area contributed by atoms with E-state index >= 15 is 0 Å². The predicted octanol–water partition coefficient (Wildman–Crippen LogP) is 6.46. The molecule has 2 N–H and O–H groups in total. The summed E-state index contributed by atoms with van der Waals surface area (Å²) in [4.78, 5) is 15.1. The molecule has 6 heteroatoms. The molecule has 1 aliphatic rings. The Morgan fingerprint density at radius 2 is 1.47 bits per heavy atom. The summed E-state index contributed by atoms with van der Waals surface area (Å²) in [6, 6.07) is 25.5. The van der Waals surface area contributed by atoms with Crippen LogP contribution >= 0.6 is 0 Å². The van der Waals surface area contributed by atoms with Gasteiger partial charge in [-0.15, -0.1) is 0 Å². The van der Waals surface area contributed by atoms with Crippen molar-refractivity contribution in [2.24, 2.45) is 0 Å². The number of carbonyl (C=O) groups is 1. The molecule has 3 aromatic carbocycles. The minimum atomic E-state index is -0.987. The van der Waals surface area contributed by atoms with Gasteiger partial charge in [-0.1, -0.05) is 66.7 Å². The minimum Gasteiger partial charge on any atom is -0.491 e. The second-order valence-electron chi connectivity index (χ2n) is 11.6. The number of aliphatic hydroxyl groups is 2. The van der Waals surface area contributed by atoms with Gasteiger partial charge in [0.15, 0.2) is 0 Å². The molecule has 3 aromatic rings. The standard InChI is InChI=1S/C32H39NO5/c1-23(24-11-13-25(14-12-24)26-15-17-28(18-16-26)37-22-31(4,5)36)33-20-19-32(38-29(33)34,21-30(2,3)35)27-9-7-6-8-10-27/h6-18,23,35-36H,19-22H2,1-5H3. The summed E-state index contributed by atoms with van der Waals surface area (Å²) in [5.74, 6) is 0.709. The molecule has 0 radical (unpaired) electrons. The van der Waals surface area contributed by atoms with Crippen LogP contribution in [0.3, 0.4) is 0 Å². The van der Waals surface area contributed by atoms with Gasteiger partial charge in [-0.05, 0) is 69.0 Å². The average Bonchev–Trinajstić information content (AvgIpc) is 2.87. The van der Waals surface area contributed by atoms with Crippen LogP contribution in [0.1, 0.15) is 64.6 Å². The van der Waals surface area contributed by atoms with Gasteiger partial charge < -0.3 is 24.6 Å². The molecule has 0 spiro atoms. The highest BCUT2D eigenvalue weighted by Crippen LogP contribution is 2.42.